The van der Waals surface area contributed by atoms with Crippen molar-refractivity contribution in [1.82, 2.24) is 5.32 Å². The molecule has 120 valence electrons. The van der Waals surface area contributed by atoms with Crippen LogP contribution in [0.3, 0.4) is 0 Å². The predicted molar refractivity (Wildman–Crippen MR) is 89.3 cm³/mol. The summed E-state index contributed by atoms with van der Waals surface area (Å²) < 4.78 is 0. The molecule has 0 fully saturated rings. The Hall–Kier alpha value is -2.62. The number of benzene rings is 2. The molecule has 4 nitrogen and oxygen atoms in total. The molecule has 0 saturated heterocycles. The van der Waals surface area contributed by atoms with E-state index < -0.39 is 11.4 Å². The molecule has 0 aliphatic heterocycles. The fourth-order valence-corrected chi connectivity index (χ4v) is 2.56. The number of rotatable bonds is 6. The molecule has 1 unspecified atom stereocenters. The molecular formula is C19H21NO3. The summed E-state index contributed by atoms with van der Waals surface area (Å²) in [4.78, 5) is 23.2. The first-order valence-corrected chi connectivity index (χ1v) is 7.53. The molecule has 2 aromatic rings. The van der Waals surface area contributed by atoms with Crippen molar-refractivity contribution in [1.29, 1.82) is 0 Å². The second kappa shape index (κ2) is 7.09. The Labute approximate surface area is 136 Å². The lowest BCUT2D eigenvalue weighted by Gasteiger charge is -2.25. The number of nitrogens with one attached hydrogen (secondary N) is 1. The van der Waals surface area contributed by atoms with Crippen LogP contribution in [0.15, 0.2) is 54.6 Å². The quantitative estimate of drug-likeness (QED) is 0.861. The number of hydrogen-bond acceptors (Lipinski definition) is 2. The van der Waals surface area contributed by atoms with E-state index in [1.165, 1.54) is 0 Å². The molecule has 0 aliphatic rings. The Morgan fingerprint density at radius 1 is 1.00 bits per heavy atom. The molecule has 0 aromatic heterocycles. The van der Waals surface area contributed by atoms with Crippen LogP contribution in [-0.4, -0.2) is 24.0 Å². The fraction of sp³-hybridized carbons (Fsp3) is 0.263. The monoisotopic (exact) mass is 311 g/mol. The van der Waals surface area contributed by atoms with Crippen molar-refractivity contribution >= 4 is 11.9 Å². The lowest BCUT2D eigenvalue weighted by molar-refractivity contribution is -0.143. The third-order valence-corrected chi connectivity index (χ3v) is 4.11. The number of amides is 1. The first kappa shape index (κ1) is 16.7. The van der Waals surface area contributed by atoms with Gasteiger partial charge in [-0.2, -0.15) is 0 Å². The molecule has 1 atom stereocenters. The molecule has 0 spiro atoms. The maximum atomic E-state index is 11.8. The summed E-state index contributed by atoms with van der Waals surface area (Å²) in [5.74, 6) is -0.893. The van der Waals surface area contributed by atoms with Gasteiger partial charge in [0.05, 0.1) is 11.8 Å². The Morgan fingerprint density at radius 3 is 2.09 bits per heavy atom. The van der Waals surface area contributed by atoms with Gasteiger partial charge < -0.3 is 10.4 Å². The standard InChI is InChI=1S/C19H21NO3/c1-19(18(22)23,16-6-4-3-5-7-16)13-15-10-8-14(9-11-15)12-17(21)20-2/h3-11H,12-13H2,1-2H3,(H,20,21)(H,22,23). The average Bonchev–Trinajstić information content (AvgIpc) is 2.57. The molecule has 0 saturated carbocycles. The molecule has 2 aromatic carbocycles. The zero-order valence-corrected chi connectivity index (χ0v) is 13.4. The molecule has 0 heterocycles. The summed E-state index contributed by atoms with van der Waals surface area (Å²) in [7, 11) is 1.61. The van der Waals surface area contributed by atoms with Crippen LogP contribution in [0.25, 0.3) is 0 Å². The van der Waals surface area contributed by atoms with E-state index in [2.05, 4.69) is 5.32 Å². The third-order valence-electron chi connectivity index (χ3n) is 4.11. The lowest BCUT2D eigenvalue weighted by Crippen LogP contribution is -2.34. The molecule has 4 heteroatoms. The van der Waals surface area contributed by atoms with Gasteiger partial charge in [0.1, 0.15) is 0 Å². The van der Waals surface area contributed by atoms with Gasteiger partial charge >= 0.3 is 5.97 Å². The SMILES string of the molecule is CNC(=O)Cc1ccc(CC(C)(C(=O)O)c2ccccc2)cc1. The van der Waals surface area contributed by atoms with Gasteiger partial charge in [0.15, 0.2) is 0 Å². The third kappa shape index (κ3) is 3.97. The van der Waals surface area contributed by atoms with Crippen molar-refractivity contribution in [3.05, 3.63) is 71.3 Å². The maximum Gasteiger partial charge on any atom is 0.314 e. The Bertz CT molecular complexity index is 680. The molecule has 23 heavy (non-hydrogen) atoms. The van der Waals surface area contributed by atoms with Crippen molar-refractivity contribution in [2.24, 2.45) is 0 Å². The number of carbonyl (C=O) groups excluding carboxylic acids is 1. The van der Waals surface area contributed by atoms with E-state index in [1.807, 2.05) is 54.6 Å². The smallest absolute Gasteiger partial charge is 0.314 e. The zero-order valence-electron chi connectivity index (χ0n) is 13.4. The fourth-order valence-electron chi connectivity index (χ4n) is 2.56. The van der Waals surface area contributed by atoms with Gasteiger partial charge in [0.25, 0.3) is 0 Å². The number of hydrogen-bond donors (Lipinski definition) is 2. The van der Waals surface area contributed by atoms with E-state index >= 15 is 0 Å². The molecule has 0 bridgehead atoms. The number of likely N-dealkylation sites (N-methyl/N-ethyl adjacent to an activating group) is 1. The van der Waals surface area contributed by atoms with Crippen molar-refractivity contribution in [2.45, 2.75) is 25.2 Å². The summed E-state index contributed by atoms with van der Waals surface area (Å²) in [6.07, 6.45) is 0.721. The van der Waals surface area contributed by atoms with E-state index in [0.717, 1.165) is 16.7 Å². The lowest BCUT2D eigenvalue weighted by atomic mass is 9.77. The van der Waals surface area contributed by atoms with E-state index in [4.69, 9.17) is 0 Å². The average molecular weight is 311 g/mol. The van der Waals surface area contributed by atoms with Gasteiger partial charge in [-0.3, -0.25) is 9.59 Å². The maximum absolute atomic E-state index is 11.8. The number of aliphatic carboxylic acids is 1. The topological polar surface area (TPSA) is 66.4 Å². The highest BCUT2D eigenvalue weighted by Crippen LogP contribution is 2.28. The molecule has 1 amide bonds. The molecule has 2 rings (SSSR count). The highest BCUT2D eigenvalue weighted by Gasteiger charge is 2.35. The first-order chi connectivity index (χ1) is 11.0. The summed E-state index contributed by atoms with van der Waals surface area (Å²) in [6.45, 7) is 1.74. The number of carboxylic acid groups (broad SMARTS) is 1. The summed E-state index contributed by atoms with van der Waals surface area (Å²) in [6, 6.07) is 16.8. The van der Waals surface area contributed by atoms with Crippen LogP contribution >= 0.6 is 0 Å². The largest absolute Gasteiger partial charge is 0.481 e. The van der Waals surface area contributed by atoms with Crippen LogP contribution in [0.2, 0.25) is 0 Å². The summed E-state index contributed by atoms with van der Waals surface area (Å²) >= 11 is 0. The van der Waals surface area contributed by atoms with E-state index in [9.17, 15) is 14.7 Å². The predicted octanol–water partition coefficient (Wildman–Crippen LogP) is 2.56. The van der Waals surface area contributed by atoms with Crippen molar-refractivity contribution in [3.63, 3.8) is 0 Å². The van der Waals surface area contributed by atoms with Gasteiger partial charge in [-0.1, -0.05) is 54.6 Å². The van der Waals surface area contributed by atoms with Crippen molar-refractivity contribution < 1.29 is 14.7 Å². The van der Waals surface area contributed by atoms with E-state index in [1.54, 1.807) is 14.0 Å². The van der Waals surface area contributed by atoms with Gasteiger partial charge in [-0.15, -0.1) is 0 Å². The summed E-state index contributed by atoms with van der Waals surface area (Å²) in [5, 5.41) is 12.3. The second-order valence-corrected chi connectivity index (χ2v) is 5.85. The minimum absolute atomic E-state index is 0.0441. The second-order valence-electron chi connectivity index (χ2n) is 5.85. The van der Waals surface area contributed by atoms with E-state index in [0.29, 0.717) is 12.8 Å². The molecular weight excluding hydrogens is 290 g/mol. The van der Waals surface area contributed by atoms with Crippen LogP contribution in [0, 0.1) is 0 Å². The highest BCUT2D eigenvalue weighted by atomic mass is 16.4. The molecule has 2 N–H and O–H groups in total. The number of carboxylic acids is 1. The van der Waals surface area contributed by atoms with Crippen LogP contribution in [0.1, 0.15) is 23.6 Å². The van der Waals surface area contributed by atoms with Gasteiger partial charge in [-0.05, 0) is 30.0 Å². The Balaban J connectivity index is 2.21. The van der Waals surface area contributed by atoms with Crippen molar-refractivity contribution in [2.75, 3.05) is 7.05 Å². The van der Waals surface area contributed by atoms with Gasteiger partial charge in [-0.25, -0.2) is 0 Å². The molecule has 0 radical (unpaired) electrons. The minimum atomic E-state index is -0.983. The highest BCUT2D eigenvalue weighted by molar-refractivity contribution is 5.81. The van der Waals surface area contributed by atoms with Gasteiger partial charge in [0, 0.05) is 7.05 Å². The normalized spacial score (nSPS) is 13.1. The zero-order chi connectivity index (χ0) is 16.9. The van der Waals surface area contributed by atoms with Crippen molar-refractivity contribution in [3.8, 4) is 0 Å². The summed E-state index contributed by atoms with van der Waals surface area (Å²) in [5.41, 5.74) is 1.63. The Kier molecular flexibility index (Phi) is 5.16. The van der Waals surface area contributed by atoms with Crippen LogP contribution < -0.4 is 5.32 Å². The van der Waals surface area contributed by atoms with Crippen LogP contribution in [-0.2, 0) is 27.8 Å². The number of carbonyl (C=O) groups is 2. The minimum Gasteiger partial charge on any atom is -0.481 e. The van der Waals surface area contributed by atoms with E-state index in [-0.39, 0.29) is 5.91 Å². The first-order valence-electron chi connectivity index (χ1n) is 7.53. The van der Waals surface area contributed by atoms with Crippen LogP contribution in [0.5, 0.6) is 0 Å². The van der Waals surface area contributed by atoms with Gasteiger partial charge in [0.2, 0.25) is 5.91 Å². The molecule has 0 aliphatic carbocycles. The Morgan fingerprint density at radius 2 is 1.57 bits per heavy atom. The van der Waals surface area contributed by atoms with Crippen LogP contribution in [0.4, 0.5) is 0 Å².